The van der Waals surface area contributed by atoms with Gasteiger partial charge in [-0.3, -0.25) is 9.52 Å². The van der Waals surface area contributed by atoms with Gasteiger partial charge in [-0.1, -0.05) is 12.1 Å². The van der Waals surface area contributed by atoms with Crippen molar-refractivity contribution in [3.63, 3.8) is 0 Å². The summed E-state index contributed by atoms with van der Waals surface area (Å²) in [6.45, 7) is 3.55. The Hall–Kier alpha value is -3.39. The van der Waals surface area contributed by atoms with Gasteiger partial charge in [-0.05, 0) is 79.6 Å². The Kier molecular flexibility index (Phi) is 6.37. The first kappa shape index (κ1) is 21.3. The second-order valence-electron chi connectivity index (χ2n) is 6.72. The maximum absolute atomic E-state index is 13.1. The Morgan fingerprint density at radius 3 is 2.33 bits per heavy atom. The van der Waals surface area contributed by atoms with Gasteiger partial charge in [0.25, 0.3) is 15.9 Å². The average Bonchev–Trinajstić information content (AvgIpc) is 2.69. The van der Waals surface area contributed by atoms with Crippen LogP contribution in [0, 0.1) is 19.7 Å². The molecule has 0 unspecified atom stereocenters. The van der Waals surface area contributed by atoms with Gasteiger partial charge in [-0.2, -0.15) is 0 Å². The highest BCUT2D eigenvalue weighted by molar-refractivity contribution is 7.92. The molecular formula is C22H21FN2O4S. The SMILES string of the molecule is Cc1ccc(NS(=O)(=O)c2ccc(OCC(=O)Nc3cccc(F)c3)cc2)cc1C. The van der Waals surface area contributed by atoms with Gasteiger partial charge in [-0.25, -0.2) is 12.8 Å². The van der Waals surface area contributed by atoms with Crippen LogP contribution in [-0.4, -0.2) is 20.9 Å². The third-order valence-electron chi connectivity index (χ3n) is 4.37. The fraction of sp³-hybridized carbons (Fsp3) is 0.136. The van der Waals surface area contributed by atoms with E-state index in [9.17, 15) is 17.6 Å². The van der Waals surface area contributed by atoms with Crippen molar-refractivity contribution in [3.05, 3.63) is 83.7 Å². The molecule has 8 heteroatoms. The fourth-order valence-corrected chi connectivity index (χ4v) is 3.70. The second-order valence-corrected chi connectivity index (χ2v) is 8.41. The van der Waals surface area contributed by atoms with Crippen LogP contribution in [0.25, 0.3) is 0 Å². The predicted octanol–water partition coefficient (Wildman–Crippen LogP) is 4.26. The van der Waals surface area contributed by atoms with E-state index in [0.717, 1.165) is 11.1 Å². The molecule has 0 saturated carbocycles. The molecule has 2 N–H and O–H groups in total. The van der Waals surface area contributed by atoms with Crippen molar-refractivity contribution in [2.75, 3.05) is 16.6 Å². The van der Waals surface area contributed by atoms with E-state index in [1.165, 1.54) is 42.5 Å². The molecule has 0 spiro atoms. The lowest BCUT2D eigenvalue weighted by molar-refractivity contribution is -0.118. The van der Waals surface area contributed by atoms with E-state index in [1.807, 2.05) is 19.9 Å². The summed E-state index contributed by atoms with van der Waals surface area (Å²) in [6.07, 6.45) is 0. The number of ether oxygens (including phenoxy) is 1. The molecular weight excluding hydrogens is 407 g/mol. The molecule has 0 heterocycles. The minimum atomic E-state index is -3.76. The van der Waals surface area contributed by atoms with Gasteiger partial charge in [0, 0.05) is 11.4 Å². The number of rotatable bonds is 7. The Balaban J connectivity index is 1.59. The first-order valence-electron chi connectivity index (χ1n) is 9.11. The van der Waals surface area contributed by atoms with E-state index < -0.39 is 21.7 Å². The van der Waals surface area contributed by atoms with E-state index in [2.05, 4.69) is 10.0 Å². The van der Waals surface area contributed by atoms with Crippen molar-refractivity contribution in [2.45, 2.75) is 18.7 Å². The van der Waals surface area contributed by atoms with E-state index >= 15 is 0 Å². The van der Waals surface area contributed by atoms with Crippen LogP contribution in [-0.2, 0) is 14.8 Å². The molecule has 6 nitrogen and oxygen atoms in total. The van der Waals surface area contributed by atoms with Gasteiger partial charge >= 0.3 is 0 Å². The van der Waals surface area contributed by atoms with Crippen LogP contribution in [0.4, 0.5) is 15.8 Å². The molecule has 1 amide bonds. The van der Waals surface area contributed by atoms with Crippen LogP contribution in [0.3, 0.4) is 0 Å². The number of hydrogen-bond acceptors (Lipinski definition) is 4. The van der Waals surface area contributed by atoms with Gasteiger partial charge in [0.15, 0.2) is 6.61 Å². The largest absolute Gasteiger partial charge is 0.484 e. The van der Waals surface area contributed by atoms with E-state index in [4.69, 9.17) is 4.74 Å². The standard InChI is InChI=1S/C22H21FN2O4S/c1-15-6-7-19(12-16(15)2)25-30(27,28)21-10-8-20(9-11-21)29-14-22(26)24-18-5-3-4-17(23)13-18/h3-13,25H,14H2,1-2H3,(H,24,26). The van der Waals surface area contributed by atoms with Gasteiger partial charge in [0.2, 0.25) is 0 Å². The molecule has 3 aromatic rings. The third-order valence-corrected chi connectivity index (χ3v) is 5.77. The molecule has 0 aliphatic rings. The number of amides is 1. The molecule has 156 valence electrons. The maximum Gasteiger partial charge on any atom is 0.262 e. The number of hydrogen-bond donors (Lipinski definition) is 2. The van der Waals surface area contributed by atoms with Crippen molar-refractivity contribution in [3.8, 4) is 5.75 Å². The predicted molar refractivity (Wildman–Crippen MR) is 114 cm³/mol. The summed E-state index contributed by atoms with van der Waals surface area (Å²) in [6, 6.07) is 16.5. The molecule has 0 aliphatic carbocycles. The molecule has 3 rings (SSSR count). The Labute approximate surface area is 174 Å². The molecule has 0 aromatic heterocycles. The number of sulfonamides is 1. The third kappa shape index (κ3) is 5.57. The van der Waals surface area contributed by atoms with Gasteiger partial charge in [-0.15, -0.1) is 0 Å². The summed E-state index contributed by atoms with van der Waals surface area (Å²) < 4.78 is 46.2. The summed E-state index contributed by atoms with van der Waals surface area (Å²) in [4.78, 5) is 12.0. The van der Waals surface area contributed by atoms with Crippen LogP contribution in [0.15, 0.2) is 71.6 Å². The summed E-state index contributed by atoms with van der Waals surface area (Å²) >= 11 is 0. The zero-order chi connectivity index (χ0) is 21.7. The van der Waals surface area contributed by atoms with Crippen molar-refractivity contribution in [1.82, 2.24) is 0 Å². The normalized spacial score (nSPS) is 11.0. The topological polar surface area (TPSA) is 84.5 Å². The van der Waals surface area contributed by atoms with E-state index in [1.54, 1.807) is 18.2 Å². The van der Waals surface area contributed by atoms with Gasteiger partial charge in [0.1, 0.15) is 11.6 Å². The lowest BCUT2D eigenvalue weighted by atomic mass is 10.1. The molecule has 0 fully saturated rings. The summed E-state index contributed by atoms with van der Waals surface area (Å²) in [5.41, 5.74) is 2.85. The van der Waals surface area contributed by atoms with Gasteiger partial charge in [0.05, 0.1) is 4.90 Å². The van der Waals surface area contributed by atoms with Crippen molar-refractivity contribution in [1.29, 1.82) is 0 Å². The smallest absolute Gasteiger partial charge is 0.262 e. The number of carbonyl (C=O) groups excluding carboxylic acids is 1. The van der Waals surface area contributed by atoms with Gasteiger partial charge < -0.3 is 10.1 Å². The summed E-state index contributed by atoms with van der Waals surface area (Å²) in [5.74, 6) is -0.594. The van der Waals surface area contributed by atoms with E-state index in [-0.39, 0.29) is 11.5 Å². The highest BCUT2D eigenvalue weighted by atomic mass is 32.2. The van der Waals surface area contributed by atoms with Crippen LogP contribution in [0.2, 0.25) is 0 Å². The molecule has 0 bridgehead atoms. The van der Waals surface area contributed by atoms with Crippen LogP contribution < -0.4 is 14.8 Å². The lowest BCUT2D eigenvalue weighted by Crippen LogP contribution is -2.20. The number of carbonyl (C=O) groups is 1. The number of aryl methyl sites for hydroxylation is 2. The zero-order valence-corrected chi connectivity index (χ0v) is 17.3. The first-order chi connectivity index (χ1) is 14.2. The number of nitrogens with one attached hydrogen (secondary N) is 2. The lowest BCUT2D eigenvalue weighted by Gasteiger charge is -2.11. The molecule has 0 aliphatic heterocycles. The number of anilines is 2. The highest BCUT2D eigenvalue weighted by Gasteiger charge is 2.15. The van der Waals surface area contributed by atoms with Crippen molar-refractivity contribution in [2.24, 2.45) is 0 Å². The Morgan fingerprint density at radius 2 is 1.67 bits per heavy atom. The van der Waals surface area contributed by atoms with E-state index in [0.29, 0.717) is 17.1 Å². The number of benzene rings is 3. The number of halogens is 1. The first-order valence-corrected chi connectivity index (χ1v) is 10.6. The minimum absolute atomic E-state index is 0.0669. The summed E-state index contributed by atoms with van der Waals surface area (Å²) in [5, 5.41) is 2.51. The minimum Gasteiger partial charge on any atom is -0.484 e. The second kappa shape index (κ2) is 8.96. The van der Waals surface area contributed by atoms with Crippen LogP contribution >= 0.6 is 0 Å². The van der Waals surface area contributed by atoms with Crippen LogP contribution in [0.1, 0.15) is 11.1 Å². The molecule has 30 heavy (non-hydrogen) atoms. The quantitative estimate of drug-likeness (QED) is 0.589. The monoisotopic (exact) mass is 428 g/mol. The van der Waals surface area contributed by atoms with Crippen LogP contribution in [0.5, 0.6) is 5.75 Å². The molecule has 0 radical (unpaired) electrons. The Morgan fingerprint density at radius 1 is 0.933 bits per heavy atom. The van der Waals surface area contributed by atoms with Crippen molar-refractivity contribution >= 4 is 27.3 Å². The average molecular weight is 428 g/mol. The maximum atomic E-state index is 13.1. The highest BCUT2D eigenvalue weighted by Crippen LogP contribution is 2.21. The van der Waals surface area contributed by atoms with Crippen molar-refractivity contribution < 1.29 is 22.3 Å². The fourth-order valence-electron chi connectivity index (χ4n) is 2.65. The Bertz CT molecular complexity index is 1160. The molecule has 0 atom stereocenters. The zero-order valence-electron chi connectivity index (χ0n) is 16.5. The summed E-state index contributed by atoms with van der Waals surface area (Å²) in [7, 11) is -3.76. The molecule has 0 saturated heterocycles. The molecule has 3 aromatic carbocycles.